The van der Waals surface area contributed by atoms with E-state index in [2.05, 4.69) is 20.4 Å². The van der Waals surface area contributed by atoms with Crippen LogP contribution in [-0.4, -0.2) is 11.6 Å². The summed E-state index contributed by atoms with van der Waals surface area (Å²) in [6, 6.07) is 0. The average Bonchev–Trinajstić information content (AvgIpc) is 2.80. The molecule has 0 atom stereocenters. The Morgan fingerprint density at radius 3 is 0.875 bits per heavy atom. The van der Waals surface area contributed by atoms with E-state index < -0.39 is 0 Å². The number of allylic oxidation sites excluding steroid dienone is 1. The van der Waals surface area contributed by atoms with Crippen molar-refractivity contribution >= 4 is 11.6 Å². The van der Waals surface area contributed by atoms with E-state index in [4.69, 9.17) is 0 Å². The lowest BCUT2D eigenvalue weighted by Gasteiger charge is -2.06. The van der Waals surface area contributed by atoms with Gasteiger partial charge in [0.1, 0.15) is 0 Å². The Kier molecular flexibility index (Phi) is 24.0. The van der Waals surface area contributed by atoms with E-state index in [1.54, 1.807) is 0 Å². The molecule has 2 nitrogen and oxygen atoms in total. The summed E-state index contributed by atoms with van der Waals surface area (Å²) in [5, 5.41) is 0. The van der Waals surface area contributed by atoms with Crippen molar-refractivity contribution in [1.82, 2.24) is 0 Å². The van der Waals surface area contributed by atoms with Crippen LogP contribution in [0.15, 0.2) is 12.2 Å². The quantitative estimate of drug-likeness (QED) is 0.0570. The van der Waals surface area contributed by atoms with Gasteiger partial charge in [0.2, 0.25) is 0 Å². The van der Waals surface area contributed by atoms with E-state index in [0.29, 0.717) is 12.8 Å². The van der Waals surface area contributed by atoms with Gasteiger partial charge in [0.15, 0.2) is 11.6 Å². The van der Waals surface area contributed by atoms with Gasteiger partial charge in [-0.15, -0.1) is 0 Å². The van der Waals surface area contributed by atoms with Gasteiger partial charge in [0, 0.05) is 12.8 Å². The van der Waals surface area contributed by atoms with Crippen LogP contribution in [0.2, 0.25) is 0 Å². The summed E-state index contributed by atoms with van der Waals surface area (Å²) in [6.45, 7) is 8.31. The van der Waals surface area contributed by atoms with Gasteiger partial charge in [-0.2, -0.15) is 0 Å². The molecule has 0 N–H and O–H groups in total. The van der Waals surface area contributed by atoms with Crippen LogP contribution in [0.3, 0.4) is 0 Å². The SMILES string of the molecule is C=C(C(=O)CCCCCCCCCCCCC)C(=O)CCCCCCCCCCCCC. The molecule has 0 aromatic rings. The minimum Gasteiger partial charge on any atom is -0.294 e. The predicted octanol–water partition coefficient (Wildman–Crippen LogP) is 10.1. The van der Waals surface area contributed by atoms with Gasteiger partial charge in [-0.25, -0.2) is 0 Å². The Balaban J connectivity index is 3.49. The lowest BCUT2D eigenvalue weighted by atomic mass is 9.98. The zero-order valence-corrected chi connectivity index (χ0v) is 22.0. The monoisotopic (exact) mass is 448 g/mol. The third-order valence-electron chi connectivity index (χ3n) is 6.69. The molecule has 0 radical (unpaired) electrons. The van der Waals surface area contributed by atoms with E-state index in [1.807, 2.05) is 0 Å². The molecule has 0 unspecified atom stereocenters. The van der Waals surface area contributed by atoms with E-state index in [-0.39, 0.29) is 17.1 Å². The minimum absolute atomic E-state index is 0.0194. The van der Waals surface area contributed by atoms with E-state index in [0.717, 1.165) is 25.7 Å². The van der Waals surface area contributed by atoms with Crippen molar-refractivity contribution in [3.63, 3.8) is 0 Å². The fourth-order valence-corrected chi connectivity index (χ4v) is 4.36. The number of rotatable bonds is 26. The first-order valence-electron chi connectivity index (χ1n) is 14.4. The summed E-state index contributed by atoms with van der Waals surface area (Å²) in [5.74, 6) is -0.0389. The molecule has 0 aliphatic carbocycles. The third kappa shape index (κ3) is 21.0. The molecule has 0 saturated heterocycles. The summed E-state index contributed by atoms with van der Waals surface area (Å²) in [6.07, 6.45) is 29.0. The molecule has 0 bridgehead atoms. The minimum atomic E-state index is -0.0194. The van der Waals surface area contributed by atoms with Crippen LogP contribution < -0.4 is 0 Å². The molecule has 0 spiro atoms. The van der Waals surface area contributed by atoms with Crippen molar-refractivity contribution in [3.8, 4) is 0 Å². The van der Waals surface area contributed by atoms with E-state index in [1.165, 1.54) is 116 Å². The second-order valence-corrected chi connectivity index (χ2v) is 9.90. The molecule has 0 rings (SSSR count). The van der Waals surface area contributed by atoms with Crippen molar-refractivity contribution in [3.05, 3.63) is 12.2 Å². The Labute approximate surface area is 201 Å². The number of hydrogen-bond donors (Lipinski definition) is 0. The van der Waals surface area contributed by atoms with Gasteiger partial charge in [-0.3, -0.25) is 9.59 Å². The van der Waals surface area contributed by atoms with Crippen LogP contribution in [0.4, 0.5) is 0 Å². The highest BCUT2D eigenvalue weighted by molar-refractivity contribution is 6.19. The van der Waals surface area contributed by atoms with Crippen LogP contribution in [0.25, 0.3) is 0 Å². The predicted molar refractivity (Wildman–Crippen MR) is 141 cm³/mol. The first kappa shape index (κ1) is 31.1. The number of carbonyl (C=O) groups is 2. The molecule has 32 heavy (non-hydrogen) atoms. The molecule has 0 aliphatic rings. The fourth-order valence-electron chi connectivity index (χ4n) is 4.36. The highest BCUT2D eigenvalue weighted by atomic mass is 16.1. The molecular weight excluding hydrogens is 392 g/mol. The van der Waals surface area contributed by atoms with Gasteiger partial charge in [-0.1, -0.05) is 149 Å². The van der Waals surface area contributed by atoms with E-state index in [9.17, 15) is 9.59 Å². The maximum absolute atomic E-state index is 12.2. The lowest BCUT2D eigenvalue weighted by molar-refractivity contribution is -0.121. The number of Topliss-reactive ketones (excluding diaryl/α,β-unsaturated/α-hetero) is 2. The van der Waals surface area contributed by atoms with Crippen molar-refractivity contribution < 1.29 is 9.59 Å². The van der Waals surface area contributed by atoms with Crippen molar-refractivity contribution in [2.75, 3.05) is 0 Å². The fraction of sp³-hybridized carbons (Fsp3) is 0.867. The number of ketones is 2. The Morgan fingerprint density at radius 1 is 0.406 bits per heavy atom. The number of unbranched alkanes of at least 4 members (excludes halogenated alkanes) is 20. The van der Waals surface area contributed by atoms with Gasteiger partial charge in [-0.05, 0) is 12.8 Å². The van der Waals surface area contributed by atoms with Crippen molar-refractivity contribution in [2.45, 2.75) is 168 Å². The molecular formula is C30H56O2. The number of hydrogen-bond acceptors (Lipinski definition) is 2. The van der Waals surface area contributed by atoms with Crippen LogP contribution in [-0.2, 0) is 9.59 Å². The highest BCUT2D eigenvalue weighted by Gasteiger charge is 2.14. The van der Waals surface area contributed by atoms with Gasteiger partial charge in [0.05, 0.1) is 5.57 Å². The Morgan fingerprint density at radius 2 is 0.625 bits per heavy atom. The average molecular weight is 449 g/mol. The molecule has 0 aromatic heterocycles. The maximum Gasteiger partial charge on any atom is 0.165 e. The third-order valence-corrected chi connectivity index (χ3v) is 6.69. The van der Waals surface area contributed by atoms with Crippen LogP contribution in [0.5, 0.6) is 0 Å². The summed E-state index contributed by atoms with van der Waals surface area (Å²) in [4.78, 5) is 24.5. The summed E-state index contributed by atoms with van der Waals surface area (Å²) >= 11 is 0. The number of carbonyl (C=O) groups excluding carboxylic acids is 2. The topological polar surface area (TPSA) is 34.1 Å². The molecule has 0 saturated carbocycles. The van der Waals surface area contributed by atoms with Crippen molar-refractivity contribution in [2.24, 2.45) is 0 Å². The molecule has 188 valence electrons. The zero-order chi connectivity index (χ0) is 23.7. The second-order valence-electron chi connectivity index (χ2n) is 9.90. The van der Waals surface area contributed by atoms with E-state index >= 15 is 0 Å². The summed E-state index contributed by atoms with van der Waals surface area (Å²) in [5.41, 5.74) is 0.254. The second kappa shape index (κ2) is 24.7. The molecule has 0 fully saturated rings. The van der Waals surface area contributed by atoms with Crippen LogP contribution in [0.1, 0.15) is 168 Å². The lowest BCUT2D eigenvalue weighted by Crippen LogP contribution is -2.11. The van der Waals surface area contributed by atoms with Gasteiger partial charge in [0.25, 0.3) is 0 Å². The first-order chi connectivity index (χ1) is 15.6. The Bertz CT molecular complexity index is 412. The van der Waals surface area contributed by atoms with Crippen LogP contribution >= 0.6 is 0 Å². The standard InChI is InChI=1S/C30H56O2/c1-4-6-8-10-12-14-16-18-20-22-24-26-29(31)28(3)30(32)27-25-23-21-19-17-15-13-11-9-7-5-2/h3-27H2,1-2H3. The first-order valence-corrected chi connectivity index (χ1v) is 14.4. The molecule has 0 aliphatic heterocycles. The van der Waals surface area contributed by atoms with Gasteiger partial charge < -0.3 is 0 Å². The summed E-state index contributed by atoms with van der Waals surface area (Å²) in [7, 11) is 0. The largest absolute Gasteiger partial charge is 0.294 e. The molecule has 0 aromatic carbocycles. The summed E-state index contributed by atoms with van der Waals surface area (Å²) < 4.78 is 0. The van der Waals surface area contributed by atoms with Crippen LogP contribution in [0, 0.1) is 0 Å². The molecule has 0 amide bonds. The zero-order valence-electron chi connectivity index (χ0n) is 22.0. The highest BCUT2D eigenvalue weighted by Crippen LogP contribution is 2.15. The van der Waals surface area contributed by atoms with Crippen molar-refractivity contribution in [1.29, 1.82) is 0 Å². The molecule has 0 heterocycles. The Hall–Kier alpha value is -0.920. The normalized spacial score (nSPS) is 11.1. The maximum atomic E-state index is 12.2. The smallest absolute Gasteiger partial charge is 0.165 e. The van der Waals surface area contributed by atoms with Gasteiger partial charge >= 0.3 is 0 Å². The molecule has 2 heteroatoms.